The molecule has 0 radical (unpaired) electrons. The molecule has 1 aliphatic heterocycles. The van der Waals surface area contributed by atoms with Gasteiger partial charge in [-0.1, -0.05) is 42.1 Å². The van der Waals surface area contributed by atoms with Crippen molar-refractivity contribution < 1.29 is 24.0 Å². The first-order valence-electron chi connectivity index (χ1n) is 4.77. The highest BCUT2D eigenvalue weighted by Gasteiger charge is 2.15. The van der Waals surface area contributed by atoms with Crippen molar-refractivity contribution in [3.8, 4) is 0 Å². The van der Waals surface area contributed by atoms with Gasteiger partial charge in [0.25, 0.3) is 0 Å². The molecule has 0 N–H and O–H groups in total. The molecule has 1 aromatic carbocycles. The van der Waals surface area contributed by atoms with E-state index in [0.29, 0.717) is 0 Å². The van der Waals surface area contributed by atoms with Crippen molar-refractivity contribution in [3.63, 3.8) is 0 Å². The molecule has 0 bridgehead atoms. The average molecular weight is 333 g/mol. The van der Waals surface area contributed by atoms with E-state index in [2.05, 4.69) is 46.5 Å². The van der Waals surface area contributed by atoms with E-state index in [1.807, 2.05) is 0 Å². The van der Waals surface area contributed by atoms with E-state index in [1.165, 1.54) is 10.7 Å². The molecule has 0 unspecified atom stereocenters. The summed E-state index contributed by atoms with van der Waals surface area (Å²) >= 11 is 1.74. The van der Waals surface area contributed by atoms with Gasteiger partial charge in [0.2, 0.25) is 0 Å². The predicted octanol–water partition coefficient (Wildman–Crippen LogP) is -0.775. The van der Waals surface area contributed by atoms with Gasteiger partial charge in [-0.15, -0.1) is 0 Å². The molecule has 0 atom stereocenters. The van der Waals surface area contributed by atoms with Gasteiger partial charge in [0, 0.05) is 13.1 Å². The van der Waals surface area contributed by atoms with E-state index in [9.17, 15) is 0 Å². The molecule has 1 aliphatic rings. The van der Waals surface area contributed by atoms with Crippen molar-refractivity contribution in [1.29, 1.82) is 0 Å². The molecule has 0 spiro atoms. The number of thioether (sulfide) groups is 1. The summed E-state index contributed by atoms with van der Waals surface area (Å²) in [5, 5.41) is 1.17. The summed E-state index contributed by atoms with van der Waals surface area (Å²) in [6.45, 7) is 2.99. The first-order chi connectivity index (χ1) is 6.90. The molecule has 4 heteroatoms. The normalized spacial score (nSPS) is 14.7. The van der Waals surface area contributed by atoms with Gasteiger partial charge < -0.3 is 28.9 Å². The quantitative estimate of drug-likeness (QED) is 0.661. The zero-order chi connectivity index (χ0) is 9.80. The summed E-state index contributed by atoms with van der Waals surface area (Å²) in [7, 11) is 0. The van der Waals surface area contributed by atoms with Gasteiger partial charge in [0.05, 0.1) is 6.54 Å². The Balaban J connectivity index is 0.00000112. The number of nitrogens with zero attached hydrogens (tertiary/aromatic N) is 2. The summed E-state index contributed by atoms with van der Waals surface area (Å²) in [6.07, 6.45) is 2.09. The molecule has 1 heterocycles. The van der Waals surface area contributed by atoms with E-state index in [4.69, 9.17) is 0 Å². The first-order valence-corrected chi connectivity index (χ1v) is 6.00. The lowest BCUT2D eigenvalue weighted by Crippen LogP contribution is -3.00. The van der Waals surface area contributed by atoms with E-state index < -0.39 is 0 Å². The summed E-state index contributed by atoms with van der Waals surface area (Å²) in [6, 6.07) is 10.5. The third-order valence-corrected chi connectivity index (χ3v) is 3.04. The number of aliphatic imine (C=N–C) groups is 1. The van der Waals surface area contributed by atoms with Gasteiger partial charge in [0.15, 0.2) is 5.17 Å². The fourth-order valence-electron chi connectivity index (χ4n) is 1.61. The Morgan fingerprint density at radius 3 is 2.73 bits per heavy atom. The lowest BCUT2D eigenvalue weighted by Gasteiger charge is -2.18. The number of hydrogen-bond donors (Lipinski definition) is 0. The van der Waals surface area contributed by atoms with Crippen LogP contribution in [0.25, 0.3) is 0 Å². The van der Waals surface area contributed by atoms with Gasteiger partial charge >= 0.3 is 0 Å². The van der Waals surface area contributed by atoms with Crippen LogP contribution in [-0.4, -0.2) is 29.4 Å². The molecular formula is C11H14IN2S-. The molecule has 0 aromatic heterocycles. The second-order valence-electron chi connectivity index (χ2n) is 3.28. The molecule has 0 fully saturated rings. The molecular weight excluding hydrogens is 319 g/mol. The number of hydrogen-bond acceptors (Lipinski definition) is 3. The van der Waals surface area contributed by atoms with E-state index in [-0.39, 0.29) is 24.0 Å². The van der Waals surface area contributed by atoms with Crippen molar-refractivity contribution in [2.45, 2.75) is 6.54 Å². The highest BCUT2D eigenvalue weighted by Crippen LogP contribution is 2.14. The Morgan fingerprint density at radius 2 is 2.07 bits per heavy atom. The standard InChI is InChI=1S/C11H14N2S.HI/c1-14-11-12-7-8-13(11)9-10-5-3-2-4-6-10;/h2-6H,7-9H2,1H3;1H/p-1. The number of rotatable bonds is 2. The Hall–Kier alpha value is -0.230. The minimum atomic E-state index is 0. The third kappa shape index (κ3) is 3.38. The topological polar surface area (TPSA) is 15.6 Å². The molecule has 0 amide bonds. The van der Waals surface area contributed by atoms with Gasteiger partial charge in [-0.05, 0) is 11.8 Å². The van der Waals surface area contributed by atoms with Gasteiger partial charge in [-0.3, -0.25) is 4.99 Å². The first kappa shape index (κ1) is 12.8. The van der Waals surface area contributed by atoms with E-state index in [0.717, 1.165) is 19.6 Å². The van der Waals surface area contributed by atoms with Crippen molar-refractivity contribution in [2.75, 3.05) is 19.3 Å². The van der Waals surface area contributed by atoms with E-state index >= 15 is 0 Å². The van der Waals surface area contributed by atoms with Gasteiger partial charge in [0.1, 0.15) is 0 Å². The van der Waals surface area contributed by atoms with Crippen molar-refractivity contribution in [2.24, 2.45) is 4.99 Å². The molecule has 0 saturated carbocycles. The lowest BCUT2D eigenvalue weighted by atomic mass is 10.2. The van der Waals surface area contributed by atoms with Crippen LogP contribution < -0.4 is 24.0 Å². The summed E-state index contributed by atoms with van der Waals surface area (Å²) in [5.41, 5.74) is 1.36. The second kappa shape index (κ2) is 6.37. The van der Waals surface area contributed by atoms with Crippen LogP contribution in [0.5, 0.6) is 0 Å². The molecule has 82 valence electrons. The van der Waals surface area contributed by atoms with Crippen LogP contribution in [-0.2, 0) is 6.54 Å². The Bertz CT molecular complexity index is 327. The van der Waals surface area contributed by atoms with Crippen LogP contribution in [0.1, 0.15) is 5.56 Å². The SMILES string of the molecule is CSC1=NCCN1Cc1ccccc1.[I-]. The van der Waals surface area contributed by atoms with Crippen molar-refractivity contribution in [1.82, 2.24) is 4.90 Å². The number of halogens is 1. The predicted molar refractivity (Wildman–Crippen MR) is 62.7 cm³/mol. The lowest BCUT2D eigenvalue weighted by molar-refractivity contribution is -0.00000285. The number of amidine groups is 1. The Morgan fingerprint density at radius 1 is 1.33 bits per heavy atom. The van der Waals surface area contributed by atoms with Crippen LogP contribution >= 0.6 is 11.8 Å². The van der Waals surface area contributed by atoms with Gasteiger partial charge in [-0.25, -0.2) is 0 Å². The summed E-state index contributed by atoms with van der Waals surface area (Å²) in [4.78, 5) is 6.77. The van der Waals surface area contributed by atoms with E-state index in [1.54, 1.807) is 11.8 Å². The summed E-state index contributed by atoms with van der Waals surface area (Å²) < 4.78 is 0. The zero-order valence-electron chi connectivity index (χ0n) is 8.69. The molecule has 2 nitrogen and oxygen atoms in total. The smallest absolute Gasteiger partial charge is 0.159 e. The highest BCUT2D eigenvalue weighted by atomic mass is 127. The average Bonchev–Trinajstić information content (AvgIpc) is 2.67. The van der Waals surface area contributed by atoms with Crippen LogP contribution in [0.2, 0.25) is 0 Å². The molecule has 2 rings (SSSR count). The van der Waals surface area contributed by atoms with Gasteiger partial charge in [-0.2, -0.15) is 0 Å². The highest BCUT2D eigenvalue weighted by molar-refractivity contribution is 8.13. The molecule has 15 heavy (non-hydrogen) atoms. The second-order valence-corrected chi connectivity index (χ2v) is 4.05. The fraction of sp³-hybridized carbons (Fsp3) is 0.364. The Labute approximate surface area is 112 Å². The van der Waals surface area contributed by atoms with Crippen LogP contribution in [0, 0.1) is 0 Å². The van der Waals surface area contributed by atoms with Crippen LogP contribution in [0.15, 0.2) is 35.3 Å². The zero-order valence-corrected chi connectivity index (χ0v) is 11.7. The maximum Gasteiger partial charge on any atom is 0.159 e. The number of benzene rings is 1. The maximum atomic E-state index is 4.44. The monoisotopic (exact) mass is 333 g/mol. The minimum absolute atomic E-state index is 0. The molecule has 1 aromatic rings. The Kier molecular flexibility index (Phi) is 5.45. The van der Waals surface area contributed by atoms with Crippen molar-refractivity contribution >= 4 is 16.9 Å². The maximum absolute atomic E-state index is 4.44. The van der Waals surface area contributed by atoms with Crippen LogP contribution in [0.4, 0.5) is 0 Å². The minimum Gasteiger partial charge on any atom is -1.00 e. The largest absolute Gasteiger partial charge is 1.00 e. The molecule has 0 saturated heterocycles. The third-order valence-electron chi connectivity index (χ3n) is 2.29. The molecule has 0 aliphatic carbocycles. The van der Waals surface area contributed by atoms with Crippen molar-refractivity contribution in [3.05, 3.63) is 35.9 Å². The summed E-state index contributed by atoms with van der Waals surface area (Å²) in [5.74, 6) is 0. The van der Waals surface area contributed by atoms with Crippen LogP contribution in [0.3, 0.4) is 0 Å². The fourth-order valence-corrected chi connectivity index (χ4v) is 2.24.